The van der Waals surface area contributed by atoms with Crippen molar-refractivity contribution in [3.63, 3.8) is 0 Å². The average molecular weight is 364 g/mol. The predicted molar refractivity (Wildman–Crippen MR) is 103 cm³/mol. The van der Waals surface area contributed by atoms with Gasteiger partial charge in [0.1, 0.15) is 0 Å². The first-order chi connectivity index (χ1) is 9.72. The third kappa shape index (κ3) is 8.56. The van der Waals surface area contributed by atoms with E-state index in [1.165, 1.54) is 0 Å². The van der Waals surface area contributed by atoms with E-state index in [2.05, 4.69) is 24.1 Å². The van der Waals surface area contributed by atoms with E-state index in [0.29, 0.717) is 6.42 Å². The highest BCUT2D eigenvalue weighted by Gasteiger charge is 2.29. The van der Waals surface area contributed by atoms with Crippen LogP contribution in [0.3, 0.4) is 0 Å². The van der Waals surface area contributed by atoms with E-state index >= 15 is 0 Å². The minimum absolute atomic E-state index is 0. The molecule has 2 atom stereocenters. The van der Waals surface area contributed by atoms with E-state index < -0.39 is 6.04 Å². The number of rotatable bonds is 7. The molecule has 0 aliphatic rings. The molecule has 0 heterocycles. The molecule has 2 unspecified atom stereocenters. The Bertz CT molecular complexity index is 452. The number of hydrogen-bond acceptors (Lipinski definition) is 3. The normalized spacial score (nSPS) is 13.5. The third-order valence-corrected chi connectivity index (χ3v) is 3.89. The summed E-state index contributed by atoms with van der Waals surface area (Å²) in [5.74, 6) is -0.0850. The summed E-state index contributed by atoms with van der Waals surface area (Å²) in [6, 6.07) is 9.42. The van der Waals surface area contributed by atoms with Gasteiger partial charge in [0.15, 0.2) is 0 Å². The first-order valence-electron chi connectivity index (χ1n) is 7.47. The van der Waals surface area contributed by atoms with Crippen molar-refractivity contribution < 1.29 is 4.79 Å². The topological polar surface area (TPSA) is 58.4 Å². The summed E-state index contributed by atoms with van der Waals surface area (Å²) in [6.45, 7) is 7.25. The first kappa shape index (κ1) is 24.4. The largest absolute Gasteiger partial charge is 0.352 e. The van der Waals surface area contributed by atoms with Gasteiger partial charge in [-0.3, -0.25) is 4.79 Å². The van der Waals surface area contributed by atoms with Crippen LogP contribution in [-0.4, -0.2) is 43.5 Å². The Balaban J connectivity index is 0. The number of carbonyl (C=O) groups is 1. The van der Waals surface area contributed by atoms with E-state index in [9.17, 15) is 4.79 Å². The molecule has 1 aromatic rings. The lowest BCUT2D eigenvalue weighted by atomic mass is 9.84. The second kappa shape index (κ2) is 10.9. The average Bonchev–Trinajstić information content (AvgIpc) is 2.38. The summed E-state index contributed by atoms with van der Waals surface area (Å²) in [5, 5.41) is 3.05. The van der Waals surface area contributed by atoms with Crippen LogP contribution in [0.2, 0.25) is 0 Å². The highest BCUT2D eigenvalue weighted by Crippen LogP contribution is 2.21. The zero-order valence-corrected chi connectivity index (χ0v) is 16.3. The number of hydrogen-bond donors (Lipinski definition) is 2. The molecule has 1 rings (SSSR count). The molecule has 0 saturated carbocycles. The molecular weight excluding hydrogens is 333 g/mol. The quantitative estimate of drug-likeness (QED) is 0.782. The SMILES string of the molecule is CC(NC(=O)C(N)Cc1ccccc1)C(C)(C)CN(C)C.Cl.Cl. The molecule has 0 aliphatic carbocycles. The Hall–Kier alpha value is -0.810. The zero-order valence-electron chi connectivity index (χ0n) is 14.7. The van der Waals surface area contributed by atoms with E-state index in [-0.39, 0.29) is 42.2 Å². The molecule has 0 fully saturated rings. The van der Waals surface area contributed by atoms with Gasteiger partial charge in [0, 0.05) is 12.6 Å². The van der Waals surface area contributed by atoms with Crippen molar-refractivity contribution in [1.82, 2.24) is 10.2 Å². The molecule has 0 bridgehead atoms. The Morgan fingerprint density at radius 3 is 2.22 bits per heavy atom. The summed E-state index contributed by atoms with van der Waals surface area (Å²) in [5.41, 5.74) is 7.09. The van der Waals surface area contributed by atoms with Gasteiger partial charge in [-0.15, -0.1) is 24.8 Å². The second-order valence-corrected chi connectivity index (χ2v) is 6.75. The molecule has 1 aromatic carbocycles. The van der Waals surface area contributed by atoms with Crippen LogP contribution in [0, 0.1) is 5.41 Å². The molecule has 0 aliphatic heterocycles. The monoisotopic (exact) mass is 363 g/mol. The number of carbonyl (C=O) groups excluding carboxylic acids is 1. The molecule has 3 N–H and O–H groups in total. The first-order valence-corrected chi connectivity index (χ1v) is 7.47. The fourth-order valence-corrected chi connectivity index (χ4v) is 2.43. The lowest BCUT2D eigenvalue weighted by Crippen LogP contribution is -2.52. The van der Waals surface area contributed by atoms with E-state index in [1.54, 1.807) is 0 Å². The number of amides is 1. The van der Waals surface area contributed by atoms with Crippen molar-refractivity contribution in [2.24, 2.45) is 11.1 Å². The summed E-state index contributed by atoms with van der Waals surface area (Å²) < 4.78 is 0. The predicted octanol–water partition coefficient (Wildman–Crippen LogP) is 2.49. The lowest BCUT2D eigenvalue weighted by Gasteiger charge is -2.35. The standard InChI is InChI=1S/C17H29N3O.2ClH/c1-13(17(2,3)12-20(4)5)19-16(21)15(18)11-14-9-7-6-8-10-14;;/h6-10,13,15H,11-12,18H2,1-5H3,(H,19,21);2*1H. The number of nitrogens with one attached hydrogen (secondary N) is 1. The van der Waals surface area contributed by atoms with Gasteiger partial charge in [-0.2, -0.15) is 0 Å². The van der Waals surface area contributed by atoms with E-state index in [1.807, 2.05) is 51.4 Å². The van der Waals surface area contributed by atoms with Gasteiger partial charge < -0.3 is 16.0 Å². The fraction of sp³-hybridized carbons (Fsp3) is 0.588. The Labute approximate surface area is 153 Å². The number of nitrogens with zero attached hydrogens (tertiary/aromatic N) is 1. The molecule has 4 nitrogen and oxygen atoms in total. The van der Waals surface area contributed by atoms with Crippen molar-refractivity contribution in [3.8, 4) is 0 Å². The maximum Gasteiger partial charge on any atom is 0.237 e. The van der Waals surface area contributed by atoms with Crippen LogP contribution >= 0.6 is 24.8 Å². The van der Waals surface area contributed by atoms with Gasteiger partial charge in [-0.1, -0.05) is 44.2 Å². The third-order valence-electron chi connectivity index (χ3n) is 3.89. The summed E-state index contributed by atoms with van der Waals surface area (Å²) >= 11 is 0. The van der Waals surface area contributed by atoms with Crippen LogP contribution in [0.25, 0.3) is 0 Å². The molecule has 134 valence electrons. The molecule has 23 heavy (non-hydrogen) atoms. The molecule has 0 aromatic heterocycles. The highest BCUT2D eigenvalue weighted by atomic mass is 35.5. The van der Waals surface area contributed by atoms with Crippen LogP contribution in [0.5, 0.6) is 0 Å². The van der Waals surface area contributed by atoms with Crippen LogP contribution in [-0.2, 0) is 11.2 Å². The van der Waals surface area contributed by atoms with Crippen LogP contribution in [0.15, 0.2) is 30.3 Å². The van der Waals surface area contributed by atoms with Crippen LogP contribution < -0.4 is 11.1 Å². The molecule has 0 radical (unpaired) electrons. The van der Waals surface area contributed by atoms with Gasteiger partial charge in [0.05, 0.1) is 6.04 Å². The van der Waals surface area contributed by atoms with Gasteiger partial charge in [0.2, 0.25) is 5.91 Å². The van der Waals surface area contributed by atoms with Crippen molar-refractivity contribution in [2.75, 3.05) is 20.6 Å². The molecule has 6 heteroatoms. The fourth-order valence-electron chi connectivity index (χ4n) is 2.43. The van der Waals surface area contributed by atoms with Crippen molar-refractivity contribution >= 4 is 30.7 Å². The number of nitrogens with two attached hydrogens (primary N) is 1. The van der Waals surface area contributed by atoms with Gasteiger partial charge in [-0.25, -0.2) is 0 Å². The smallest absolute Gasteiger partial charge is 0.237 e. The molecule has 1 amide bonds. The van der Waals surface area contributed by atoms with Crippen molar-refractivity contribution in [3.05, 3.63) is 35.9 Å². The van der Waals surface area contributed by atoms with Gasteiger partial charge >= 0.3 is 0 Å². The van der Waals surface area contributed by atoms with Gasteiger partial charge in [0.25, 0.3) is 0 Å². The van der Waals surface area contributed by atoms with Gasteiger partial charge in [-0.05, 0) is 38.4 Å². The Morgan fingerprint density at radius 1 is 1.22 bits per heavy atom. The van der Waals surface area contributed by atoms with E-state index in [4.69, 9.17) is 5.73 Å². The summed E-state index contributed by atoms with van der Waals surface area (Å²) in [4.78, 5) is 14.4. The minimum atomic E-state index is -0.509. The van der Waals surface area contributed by atoms with Crippen LogP contribution in [0.4, 0.5) is 0 Å². The summed E-state index contributed by atoms with van der Waals surface area (Å²) in [7, 11) is 4.08. The van der Waals surface area contributed by atoms with Crippen molar-refractivity contribution in [1.29, 1.82) is 0 Å². The number of halogens is 2. The zero-order chi connectivity index (χ0) is 16.0. The maximum atomic E-state index is 12.2. The maximum absolute atomic E-state index is 12.2. The molecule has 0 spiro atoms. The van der Waals surface area contributed by atoms with Crippen molar-refractivity contribution in [2.45, 2.75) is 39.3 Å². The molecular formula is C17H31Cl2N3O. The van der Waals surface area contributed by atoms with E-state index in [0.717, 1.165) is 12.1 Å². The molecule has 0 saturated heterocycles. The second-order valence-electron chi connectivity index (χ2n) is 6.75. The minimum Gasteiger partial charge on any atom is -0.352 e. The summed E-state index contributed by atoms with van der Waals surface area (Å²) in [6.07, 6.45) is 0.563. The van der Waals surface area contributed by atoms with Crippen LogP contribution in [0.1, 0.15) is 26.3 Å². The number of benzene rings is 1. The lowest BCUT2D eigenvalue weighted by molar-refractivity contribution is -0.123. The Morgan fingerprint density at radius 2 is 1.74 bits per heavy atom. The highest BCUT2D eigenvalue weighted by molar-refractivity contribution is 5.85. The Kier molecular flexibility index (Phi) is 11.6.